The number of hydrogen-bond donors (Lipinski definition) is 1. The Morgan fingerprint density at radius 3 is 2.21 bits per heavy atom. The molecule has 0 fully saturated rings. The molecule has 0 aliphatic heterocycles. The van der Waals surface area contributed by atoms with Crippen LogP contribution in [0.1, 0.15) is 5.56 Å². The van der Waals surface area contributed by atoms with Gasteiger partial charge in [0.1, 0.15) is 8.07 Å². The van der Waals surface area contributed by atoms with Gasteiger partial charge in [0.2, 0.25) is 0 Å². The molecule has 1 unspecified atom stereocenters. The molecule has 0 heterocycles. The van der Waals surface area contributed by atoms with Crippen molar-refractivity contribution in [2.45, 2.75) is 38.4 Å². The fourth-order valence-electron chi connectivity index (χ4n) is 1.35. The molecule has 5 heteroatoms. The number of benzene rings is 1. The first-order valence-corrected chi connectivity index (χ1v) is 9.55. The van der Waals surface area contributed by atoms with Crippen LogP contribution in [0.4, 0.5) is 13.2 Å². The van der Waals surface area contributed by atoms with Crippen molar-refractivity contribution in [3.05, 3.63) is 35.9 Å². The van der Waals surface area contributed by atoms with E-state index in [1.54, 1.807) is 24.3 Å². The molecule has 0 bridgehead atoms. The minimum Gasteiger partial charge on any atom is -0.292 e. The summed E-state index contributed by atoms with van der Waals surface area (Å²) in [5, 5.41) is 2.47. The fraction of sp³-hybridized carbons (Fsp3) is 0.429. The van der Waals surface area contributed by atoms with E-state index in [-0.39, 0.29) is 6.54 Å². The molecule has 0 aliphatic rings. The lowest BCUT2D eigenvalue weighted by Crippen LogP contribution is -2.41. The van der Waals surface area contributed by atoms with Gasteiger partial charge in [-0.05, 0) is 5.56 Å². The van der Waals surface area contributed by atoms with Crippen LogP contribution in [0, 0.1) is 11.5 Å². The minimum absolute atomic E-state index is 0.158. The summed E-state index contributed by atoms with van der Waals surface area (Å²) in [5.41, 5.74) is 3.58. The Morgan fingerprint density at radius 1 is 1.16 bits per heavy atom. The quantitative estimate of drug-likeness (QED) is 0.661. The second-order valence-corrected chi connectivity index (χ2v) is 10.1. The van der Waals surface area contributed by atoms with Crippen LogP contribution >= 0.6 is 0 Å². The lowest BCUT2D eigenvalue weighted by molar-refractivity contribution is -0.142. The van der Waals surface area contributed by atoms with Crippen LogP contribution in [0.5, 0.6) is 0 Å². The Hall–Kier alpha value is -1.25. The van der Waals surface area contributed by atoms with E-state index >= 15 is 0 Å². The molecule has 1 rings (SSSR count). The standard InChI is InChI=1S/C14H18F3NSi/c1-19(2,3)10-9-13(14(15,16)17)18-11-12-7-5-4-6-8-12/h4-8,13,18H,11H2,1-3H3. The van der Waals surface area contributed by atoms with E-state index in [1.165, 1.54) is 0 Å². The maximum atomic E-state index is 12.8. The number of alkyl halides is 3. The predicted molar refractivity (Wildman–Crippen MR) is 74.2 cm³/mol. The molecule has 0 aromatic heterocycles. The Morgan fingerprint density at radius 2 is 1.74 bits per heavy atom. The SMILES string of the molecule is C[Si](C)(C)C#CC(NCc1ccccc1)C(F)(F)F. The van der Waals surface area contributed by atoms with Gasteiger partial charge in [-0.2, -0.15) is 13.2 Å². The summed E-state index contributed by atoms with van der Waals surface area (Å²) in [4.78, 5) is 0. The molecule has 104 valence electrons. The summed E-state index contributed by atoms with van der Waals surface area (Å²) < 4.78 is 38.5. The first-order valence-electron chi connectivity index (χ1n) is 6.05. The van der Waals surface area contributed by atoms with E-state index in [9.17, 15) is 13.2 Å². The van der Waals surface area contributed by atoms with E-state index in [2.05, 4.69) is 16.8 Å². The Balaban J connectivity index is 2.74. The lowest BCUT2D eigenvalue weighted by Gasteiger charge is -2.17. The second-order valence-electron chi connectivity index (χ2n) is 5.36. The molecule has 1 N–H and O–H groups in total. The van der Waals surface area contributed by atoms with E-state index in [1.807, 2.05) is 25.7 Å². The van der Waals surface area contributed by atoms with Gasteiger partial charge in [0.05, 0.1) is 0 Å². The summed E-state index contributed by atoms with van der Waals surface area (Å²) in [6.45, 7) is 5.92. The largest absolute Gasteiger partial charge is 0.415 e. The van der Waals surface area contributed by atoms with Gasteiger partial charge in [0, 0.05) is 6.54 Å². The summed E-state index contributed by atoms with van der Waals surface area (Å²) in [5.74, 6) is 2.35. The summed E-state index contributed by atoms with van der Waals surface area (Å²) in [6.07, 6.45) is -4.35. The molecule has 19 heavy (non-hydrogen) atoms. The van der Waals surface area contributed by atoms with Gasteiger partial charge in [-0.15, -0.1) is 5.54 Å². The van der Waals surface area contributed by atoms with Crippen LogP contribution < -0.4 is 5.32 Å². The molecular formula is C14H18F3NSi. The van der Waals surface area contributed by atoms with Crippen molar-refractivity contribution in [1.82, 2.24) is 5.32 Å². The molecule has 0 radical (unpaired) electrons. The minimum atomic E-state index is -4.35. The third-order valence-corrected chi connectivity index (χ3v) is 3.17. The van der Waals surface area contributed by atoms with Crippen LogP contribution in [0.2, 0.25) is 19.6 Å². The molecule has 0 saturated carbocycles. The highest BCUT2D eigenvalue weighted by Gasteiger charge is 2.38. The van der Waals surface area contributed by atoms with Crippen molar-refractivity contribution in [1.29, 1.82) is 0 Å². The van der Waals surface area contributed by atoms with Crippen molar-refractivity contribution in [2.24, 2.45) is 0 Å². The van der Waals surface area contributed by atoms with Gasteiger partial charge in [0.15, 0.2) is 6.04 Å². The van der Waals surface area contributed by atoms with E-state index in [4.69, 9.17) is 0 Å². The highest BCUT2D eigenvalue weighted by molar-refractivity contribution is 6.83. The van der Waals surface area contributed by atoms with Crippen LogP contribution in [0.3, 0.4) is 0 Å². The Kier molecular flexibility index (Phi) is 5.21. The Labute approximate surface area is 113 Å². The maximum Gasteiger partial charge on any atom is 0.415 e. The first-order chi connectivity index (χ1) is 8.68. The number of nitrogens with one attached hydrogen (secondary N) is 1. The zero-order valence-electron chi connectivity index (χ0n) is 11.3. The van der Waals surface area contributed by atoms with Gasteiger partial charge in [-0.3, -0.25) is 5.32 Å². The van der Waals surface area contributed by atoms with Crippen molar-refractivity contribution in [2.75, 3.05) is 0 Å². The molecule has 1 aromatic rings. The summed E-state index contributed by atoms with van der Waals surface area (Å²) in [6, 6.07) is 7.23. The third-order valence-electron chi connectivity index (χ3n) is 2.27. The van der Waals surface area contributed by atoms with Crippen LogP contribution in [-0.4, -0.2) is 20.3 Å². The number of halogens is 3. The molecule has 0 spiro atoms. The van der Waals surface area contributed by atoms with Crippen molar-refractivity contribution in [3.8, 4) is 11.5 Å². The smallest absolute Gasteiger partial charge is 0.292 e. The highest BCUT2D eigenvalue weighted by Crippen LogP contribution is 2.20. The van der Waals surface area contributed by atoms with E-state index in [0.29, 0.717) is 0 Å². The van der Waals surface area contributed by atoms with Crippen LogP contribution in [0.15, 0.2) is 30.3 Å². The zero-order chi connectivity index (χ0) is 14.5. The number of hydrogen-bond acceptors (Lipinski definition) is 1. The molecule has 1 nitrogen and oxygen atoms in total. The third kappa shape index (κ3) is 6.46. The average Bonchev–Trinajstić information content (AvgIpc) is 2.27. The average molecular weight is 285 g/mol. The topological polar surface area (TPSA) is 12.0 Å². The van der Waals surface area contributed by atoms with Crippen LogP contribution in [0.25, 0.3) is 0 Å². The van der Waals surface area contributed by atoms with Gasteiger partial charge in [-0.1, -0.05) is 55.9 Å². The first kappa shape index (κ1) is 15.8. The maximum absolute atomic E-state index is 12.8. The summed E-state index contributed by atoms with van der Waals surface area (Å²) in [7, 11) is -1.81. The molecule has 1 aromatic carbocycles. The fourth-order valence-corrected chi connectivity index (χ4v) is 1.93. The molecule has 0 aliphatic carbocycles. The van der Waals surface area contributed by atoms with Gasteiger partial charge in [-0.25, -0.2) is 0 Å². The summed E-state index contributed by atoms with van der Waals surface area (Å²) >= 11 is 0. The molecule has 0 amide bonds. The molecular weight excluding hydrogens is 267 g/mol. The normalized spacial score (nSPS) is 13.6. The van der Waals surface area contributed by atoms with E-state index in [0.717, 1.165) is 5.56 Å². The van der Waals surface area contributed by atoms with Crippen molar-refractivity contribution < 1.29 is 13.2 Å². The van der Waals surface area contributed by atoms with Crippen LogP contribution in [-0.2, 0) is 6.54 Å². The Bertz CT molecular complexity index is 452. The van der Waals surface area contributed by atoms with Gasteiger partial charge in [0.25, 0.3) is 0 Å². The van der Waals surface area contributed by atoms with Gasteiger partial charge < -0.3 is 0 Å². The second kappa shape index (κ2) is 6.26. The molecule has 0 saturated heterocycles. The van der Waals surface area contributed by atoms with Crippen molar-refractivity contribution >= 4 is 8.07 Å². The predicted octanol–water partition coefficient (Wildman–Crippen LogP) is 3.59. The highest BCUT2D eigenvalue weighted by atomic mass is 28.3. The lowest BCUT2D eigenvalue weighted by atomic mass is 10.2. The number of rotatable bonds is 3. The zero-order valence-corrected chi connectivity index (χ0v) is 12.3. The molecule has 1 atom stereocenters. The van der Waals surface area contributed by atoms with Gasteiger partial charge >= 0.3 is 6.18 Å². The van der Waals surface area contributed by atoms with Crippen molar-refractivity contribution in [3.63, 3.8) is 0 Å². The van der Waals surface area contributed by atoms with E-state index < -0.39 is 20.3 Å². The monoisotopic (exact) mass is 285 g/mol.